The lowest BCUT2D eigenvalue weighted by atomic mass is 9.88. The third kappa shape index (κ3) is 26.9. The number of amides is 8. The Morgan fingerprint density at radius 1 is 0.593 bits per heavy atom. The summed E-state index contributed by atoms with van der Waals surface area (Å²) in [4.78, 5) is 153. The highest BCUT2D eigenvalue weighted by Gasteiger charge is 2.38. The zero-order valence-corrected chi connectivity index (χ0v) is 48.7. The Morgan fingerprint density at radius 2 is 1.10 bits per heavy atom. The van der Waals surface area contributed by atoms with Crippen LogP contribution in [0.4, 0.5) is 0 Å². The molecule has 1 rings (SSSR count). The van der Waals surface area contributed by atoms with E-state index < -0.39 is 163 Å². The molecule has 27 heteroatoms. The molecule has 1 heterocycles. The van der Waals surface area contributed by atoms with Crippen LogP contribution in [0, 0.1) is 29.6 Å². The highest BCUT2D eigenvalue weighted by Crippen LogP contribution is 2.21. The minimum Gasteiger partial charge on any atom is -0.391 e. The number of carbonyl (C=O) groups excluding carboxylic acids is 11. The van der Waals surface area contributed by atoms with Crippen molar-refractivity contribution in [1.29, 1.82) is 0 Å². The van der Waals surface area contributed by atoms with Crippen molar-refractivity contribution in [1.82, 2.24) is 42.5 Å². The van der Waals surface area contributed by atoms with Gasteiger partial charge in [0.05, 0.1) is 24.4 Å². The Hall–Kier alpha value is -5.55. The molecule has 1 aliphatic heterocycles. The van der Waals surface area contributed by atoms with Gasteiger partial charge < -0.3 is 86.5 Å². The van der Waals surface area contributed by atoms with Gasteiger partial charge in [-0.1, -0.05) is 47.0 Å². The molecule has 8 amide bonds. The van der Waals surface area contributed by atoms with Gasteiger partial charge in [-0.2, -0.15) is 0 Å². The van der Waals surface area contributed by atoms with Gasteiger partial charge in [-0.3, -0.25) is 52.7 Å². The van der Waals surface area contributed by atoms with Gasteiger partial charge in [0.1, 0.15) is 42.0 Å². The van der Waals surface area contributed by atoms with Crippen LogP contribution in [0.25, 0.3) is 0 Å². The van der Waals surface area contributed by atoms with Crippen molar-refractivity contribution < 1.29 is 68.1 Å². The summed E-state index contributed by atoms with van der Waals surface area (Å²) in [5.74, 6) is -11.9. The predicted molar refractivity (Wildman–Crippen MR) is 301 cm³/mol. The standard InChI is InChI=1S/C54H99N13O14/c1-8-30(4)11-9-10-12-37(71)26-34(13-19-55)48(75)65-44(31(5)68)43(73)27-35(14-20-56)47(74)62-41-18-24-60-53(80)45(32(6)69)67-52(79)40(17-23-59)63-50(77)39(16-22-58)64-54(81)46(33(7)70)66-49(76)36(25-29(2)3)28-42(72)38(15-21-57)61-51(41)78/h29-36,38-41,44-46,68-70H,8-28,55-59H2,1-7H3,(H,60,80)(H,61,78)(H,62,74)(H,63,77)(H,64,81)(H,65,75)(H,66,76)(H,67,79)/t30-,31+,32+,33+,34+,35+,36-,38-,39-,40-,41-,44-,45-,46-/m0/s1. The van der Waals surface area contributed by atoms with Crippen molar-refractivity contribution in [2.45, 2.75) is 205 Å². The number of aliphatic hydroxyl groups excluding tert-OH is 3. The van der Waals surface area contributed by atoms with Gasteiger partial charge in [-0.15, -0.1) is 0 Å². The number of rotatable bonds is 30. The van der Waals surface area contributed by atoms with Gasteiger partial charge >= 0.3 is 0 Å². The minimum absolute atomic E-state index is 0.0537. The fraction of sp³-hybridized carbons (Fsp3) is 0.796. The summed E-state index contributed by atoms with van der Waals surface area (Å²) in [6, 6.07) is -10.8. The number of hydrogen-bond donors (Lipinski definition) is 16. The molecule has 1 saturated heterocycles. The predicted octanol–water partition coefficient (Wildman–Crippen LogP) is -3.83. The van der Waals surface area contributed by atoms with Crippen LogP contribution in [0.2, 0.25) is 0 Å². The van der Waals surface area contributed by atoms with E-state index in [1.54, 1.807) is 13.8 Å². The molecule has 81 heavy (non-hydrogen) atoms. The van der Waals surface area contributed by atoms with E-state index in [4.69, 9.17) is 28.7 Å². The average Bonchev–Trinajstić information content (AvgIpc) is 3.39. The van der Waals surface area contributed by atoms with Crippen molar-refractivity contribution >= 4 is 64.6 Å². The summed E-state index contributed by atoms with van der Waals surface area (Å²) < 4.78 is 0. The quantitative estimate of drug-likeness (QED) is 0.0306. The molecule has 14 atom stereocenters. The Labute approximate surface area is 476 Å². The first-order valence-corrected chi connectivity index (χ1v) is 28.7. The molecule has 0 aliphatic carbocycles. The summed E-state index contributed by atoms with van der Waals surface area (Å²) in [5.41, 5.74) is 29.2. The molecule has 27 nitrogen and oxygen atoms in total. The minimum atomic E-state index is -1.68. The van der Waals surface area contributed by atoms with Gasteiger partial charge in [0, 0.05) is 50.0 Å². The molecular weight excluding hydrogens is 1050 g/mol. The van der Waals surface area contributed by atoms with E-state index in [1.165, 1.54) is 20.8 Å². The SMILES string of the molecule is CC[C@H](C)CCCCC(=O)C[C@@H](CCN)C(=O)N[C@H](C(=O)C[C@@H](CCN)C(=O)N[C@H]1CCNC(=O)[C@H]([C@@H](C)O)NC(=O)[C@H](CCN)NC(=O)[C@H](CCN)NC(=O)[C@H]([C@@H](C)O)NC(=O)[C@@H](CC(C)C)CC(=O)[C@H](CCN)NC1=O)[C@@H](C)O. The van der Waals surface area contributed by atoms with Crippen LogP contribution in [-0.2, 0) is 52.7 Å². The number of aliphatic hydroxyl groups is 3. The molecule has 0 saturated carbocycles. The second-order valence-corrected chi connectivity index (χ2v) is 22.0. The van der Waals surface area contributed by atoms with E-state index in [9.17, 15) is 68.1 Å². The van der Waals surface area contributed by atoms with Crippen LogP contribution >= 0.6 is 0 Å². The monoisotopic (exact) mass is 1150 g/mol. The van der Waals surface area contributed by atoms with E-state index in [0.717, 1.165) is 19.3 Å². The largest absolute Gasteiger partial charge is 0.391 e. The Bertz CT molecular complexity index is 2050. The Balaban J connectivity index is 3.79. The summed E-state index contributed by atoms with van der Waals surface area (Å²) in [6.45, 7) is 10.4. The maximum absolute atomic E-state index is 14.4. The van der Waals surface area contributed by atoms with Crippen LogP contribution in [0.3, 0.4) is 0 Å². The number of hydrogen-bond acceptors (Lipinski definition) is 19. The molecule has 0 radical (unpaired) electrons. The molecule has 0 spiro atoms. The summed E-state index contributed by atoms with van der Waals surface area (Å²) in [5, 5.41) is 52.3. The highest BCUT2D eigenvalue weighted by atomic mass is 16.3. The first-order valence-electron chi connectivity index (χ1n) is 28.7. The number of Topliss-reactive ketones (excluding diaryl/α,β-unsaturated/α-hetero) is 3. The summed E-state index contributed by atoms with van der Waals surface area (Å²) >= 11 is 0. The van der Waals surface area contributed by atoms with Crippen LogP contribution in [-0.4, -0.2) is 180 Å². The van der Waals surface area contributed by atoms with E-state index >= 15 is 0 Å². The number of unbranched alkanes of at least 4 members (excludes halogenated alkanes) is 1. The van der Waals surface area contributed by atoms with E-state index in [1.807, 2.05) is 0 Å². The third-order valence-corrected chi connectivity index (χ3v) is 14.3. The first kappa shape index (κ1) is 73.5. The zero-order chi connectivity index (χ0) is 61.5. The van der Waals surface area contributed by atoms with Crippen LogP contribution < -0.4 is 71.2 Å². The maximum atomic E-state index is 14.4. The fourth-order valence-electron chi connectivity index (χ4n) is 9.30. The third-order valence-electron chi connectivity index (χ3n) is 14.3. The van der Waals surface area contributed by atoms with Crippen LogP contribution in [0.5, 0.6) is 0 Å². The highest BCUT2D eigenvalue weighted by molar-refractivity contribution is 5.99. The van der Waals surface area contributed by atoms with Crippen LogP contribution in [0.15, 0.2) is 0 Å². The van der Waals surface area contributed by atoms with Crippen molar-refractivity contribution in [3.05, 3.63) is 0 Å². The first-order chi connectivity index (χ1) is 38.2. The number of nitrogens with two attached hydrogens (primary N) is 5. The normalized spacial score (nSPS) is 24.1. The van der Waals surface area contributed by atoms with Crippen molar-refractivity contribution in [2.24, 2.45) is 58.3 Å². The van der Waals surface area contributed by atoms with Crippen LogP contribution in [0.1, 0.15) is 145 Å². The zero-order valence-electron chi connectivity index (χ0n) is 48.7. The lowest BCUT2D eigenvalue weighted by Gasteiger charge is -2.28. The number of nitrogens with one attached hydrogen (secondary N) is 8. The van der Waals surface area contributed by atoms with Crippen molar-refractivity contribution in [3.8, 4) is 0 Å². The molecule has 1 aliphatic rings. The molecule has 464 valence electrons. The molecule has 0 aromatic carbocycles. The van der Waals surface area contributed by atoms with E-state index in [0.29, 0.717) is 12.3 Å². The molecule has 21 N–H and O–H groups in total. The smallest absolute Gasteiger partial charge is 0.245 e. The Morgan fingerprint density at radius 3 is 1.62 bits per heavy atom. The lowest BCUT2D eigenvalue weighted by molar-refractivity contribution is -0.138. The number of carbonyl (C=O) groups is 11. The molecule has 0 unspecified atom stereocenters. The maximum Gasteiger partial charge on any atom is 0.245 e. The van der Waals surface area contributed by atoms with Gasteiger partial charge in [0.15, 0.2) is 11.6 Å². The van der Waals surface area contributed by atoms with Gasteiger partial charge in [-0.05, 0) is 117 Å². The Kier molecular flexibility index (Phi) is 35.4. The lowest BCUT2D eigenvalue weighted by Crippen LogP contribution is -2.61. The second kappa shape index (κ2) is 39.0. The molecular formula is C54H99N13O14. The molecule has 0 bridgehead atoms. The van der Waals surface area contributed by atoms with Gasteiger partial charge in [0.2, 0.25) is 47.3 Å². The second-order valence-electron chi connectivity index (χ2n) is 22.0. The average molecular weight is 1150 g/mol. The molecule has 0 aromatic heterocycles. The molecule has 0 aromatic rings. The van der Waals surface area contributed by atoms with Crippen molar-refractivity contribution in [2.75, 3.05) is 39.3 Å². The van der Waals surface area contributed by atoms with Crippen molar-refractivity contribution in [3.63, 3.8) is 0 Å². The van der Waals surface area contributed by atoms with E-state index in [-0.39, 0.29) is 95.8 Å². The number of ketones is 3. The fourth-order valence-corrected chi connectivity index (χ4v) is 9.30. The van der Waals surface area contributed by atoms with Gasteiger partial charge in [-0.25, -0.2) is 0 Å². The summed E-state index contributed by atoms with van der Waals surface area (Å²) in [6.07, 6.45) is -3.02. The van der Waals surface area contributed by atoms with Gasteiger partial charge in [0.25, 0.3) is 0 Å². The topological polar surface area (TPSA) is 475 Å². The molecule has 1 fully saturated rings. The summed E-state index contributed by atoms with van der Waals surface area (Å²) in [7, 11) is 0. The van der Waals surface area contributed by atoms with E-state index in [2.05, 4.69) is 56.4 Å².